The Labute approximate surface area is 153 Å². The maximum atomic E-state index is 5.63. The highest BCUT2D eigenvalue weighted by Gasteiger charge is 2.19. The summed E-state index contributed by atoms with van der Waals surface area (Å²) in [6, 6.07) is 5.28. The monoisotopic (exact) mass is 348 g/mol. The van der Waals surface area contributed by atoms with Gasteiger partial charge in [0.05, 0.1) is 11.9 Å². The highest BCUT2D eigenvalue weighted by Crippen LogP contribution is 2.15. The summed E-state index contributed by atoms with van der Waals surface area (Å²) >= 11 is 0. The van der Waals surface area contributed by atoms with E-state index in [1.54, 1.807) is 6.20 Å². The van der Waals surface area contributed by atoms with E-state index in [-0.39, 0.29) is 0 Å². The Balaban J connectivity index is 0.000000212. The van der Waals surface area contributed by atoms with E-state index in [0.29, 0.717) is 6.04 Å². The third-order valence-electron chi connectivity index (χ3n) is 5.02. The first-order valence-corrected chi connectivity index (χ1v) is 9.62. The molecule has 0 amide bonds. The molecule has 6 nitrogen and oxygen atoms in total. The van der Waals surface area contributed by atoms with E-state index in [2.05, 4.69) is 52.7 Å². The van der Waals surface area contributed by atoms with Crippen LogP contribution >= 0.6 is 0 Å². The predicted molar refractivity (Wildman–Crippen MR) is 107 cm³/mol. The Bertz CT molecular complexity index is 473. The summed E-state index contributed by atoms with van der Waals surface area (Å²) in [7, 11) is 0. The first-order chi connectivity index (χ1) is 12.0. The van der Waals surface area contributed by atoms with Crippen LogP contribution in [0.3, 0.4) is 0 Å². The fourth-order valence-electron chi connectivity index (χ4n) is 3.25. The molecular formula is C19H36N6. The maximum absolute atomic E-state index is 5.63. The van der Waals surface area contributed by atoms with Gasteiger partial charge >= 0.3 is 0 Å². The highest BCUT2D eigenvalue weighted by molar-refractivity contribution is 5.46. The quantitative estimate of drug-likeness (QED) is 0.863. The number of aromatic nitrogens is 1. The van der Waals surface area contributed by atoms with Crippen LogP contribution in [-0.4, -0.2) is 79.2 Å². The number of rotatable bonds is 3. The van der Waals surface area contributed by atoms with Gasteiger partial charge in [0.15, 0.2) is 0 Å². The molecule has 3 N–H and O–H groups in total. The van der Waals surface area contributed by atoms with Gasteiger partial charge in [0.1, 0.15) is 5.82 Å². The van der Waals surface area contributed by atoms with E-state index in [9.17, 15) is 0 Å². The van der Waals surface area contributed by atoms with Gasteiger partial charge in [-0.1, -0.05) is 0 Å². The van der Waals surface area contributed by atoms with Crippen molar-refractivity contribution in [2.45, 2.75) is 39.8 Å². The van der Waals surface area contributed by atoms with Crippen LogP contribution in [0.1, 0.15) is 27.7 Å². The van der Waals surface area contributed by atoms with Crippen molar-refractivity contribution in [3.63, 3.8) is 0 Å². The second-order valence-electron chi connectivity index (χ2n) is 7.45. The minimum Gasteiger partial charge on any atom is -0.397 e. The van der Waals surface area contributed by atoms with Crippen molar-refractivity contribution >= 4 is 11.5 Å². The van der Waals surface area contributed by atoms with Crippen molar-refractivity contribution < 1.29 is 0 Å². The molecule has 3 rings (SSSR count). The average Bonchev–Trinajstić information content (AvgIpc) is 2.64. The zero-order chi connectivity index (χ0) is 18.2. The zero-order valence-electron chi connectivity index (χ0n) is 16.4. The van der Waals surface area contributed by atoms with Crippen LogP contribution in [0.4, 0.5) is 11.5 Å². The number of hydrogen-bond donors (Lipinski definition) is 2. The van der Waals surface area contributed by atoms with Crippen molar-refractivity contribution in [1.29, 1.82) is 0 Å². The van der Waals surface area contributed by atoms with Crippen LogP contribution in [0.5, 0.6) is 0 Å². The third kappa shape index (κ3) is 6.45. The second-order valence-corrected chi connectivity index (χ2v) is 7.45. The van der Waals surface area contributed by atoms with Crippen LogP contribution < -0.4 is 16.0 Å². The van der Waals surface area contributed by atoms with Crippen LogP contribution in [0.25, 0.3) is 0 Å². The minimum absolute atomic E-state index is 0.640. The van der Waals surface area contributed by atoms with Crippen molar-refractivity contribution in [3.8, 4) is 0 Å². The van der Waals surface area contributed by atoms with Crippen LogP contribution in [0, 0.1) is 0 Å². The lowest BCUT2D eigenvalue weighted by Crippen LogP contribution is -2.49. The molecule has 0 bridgehead atoms. The number of nitrogen functional groups attached to an aromatic ring is 1. The Morgan fingerprint density at radius 1 is 0.880 bits per heavy atom. The number of hydrogen-bond acceptors (Lipinski definition) is 6. The molecule has 1 aromatic rings. The van der Waals surface area contributed by atoms with Crippen LogP contribution in [-0.2, 0) is 0 Å². The first kappa shape index (κ1) is 19.9. The molecule has 25 heavy (non-hydrogen) atoms. The van der Waals surface area contributed by atoms with Gasteiger partial charge < -0.3 is 16.0 Å². The molecule has 0 aliphatic carbocycles. The highest BCUT2D eigenvalue weighted by atomic mass is 15.3. The van der Waals surface area contributed by atoms with E-state index in [4.69, 9.17) is 5.73 Å². The summed E-state index contributed by atoms with van der Waals surface area (Å²) in [4.78, 5) is 11.7. The van der Waals surface area contributed by atoms with E-state index in [1.807, 2.05) is 12.1 Å². The molecule has 1 aromatic heterocycles. The predicted octanol–water partition coefficient (Wildman–Crippen LogP) is 1.49. The van der Waals surface area contributed by atoms with Crippen molar-refractivity contribution in [2.24, 2.45) is 0 Å². The Hall–Kier alpha value is -1.37. The second kappa shape index (κ2) is 9.94. The van der Waals surface area contributed by atoms with Crippen molar-refractivity contribution in [2.75, 3.05) is 63.0 Å². The largest absolute Gasteiger partial charge is 0.397 e. The molecule has 0 atom stereocenters. The van der Waals surface area contributed by atoms with Crippen molar-refractivity contribution in [1.82, 2.24) is 20.1 Å². The zero-order valence-corrected chi connectivity index (χ0v) is 16.4. The van der Waals surface area contributed by atoms with Crippen LogP contribution in [0.2, 0.25) is 0 Å². The SMILES string of the molecule is CC(C)N1CCN(c2ccc(N)cn2)CC1.CC(C)N1CCNCC1. The van der Waals surface area contributed by atoms with Gasteiger partial charge in [-0.3, -0.25) is 9.80 Å². The van der Waals surface area contributed by atoms with E-state index in [0.717, 1.165) is 56.8 Å². The molecule has 2 saturated heterocycles. The minimum atomic E-state index is 0.640. The van der Waals surface area contributed by atoms with Gasteiger partial charge in [-0.2, -0.15) is 0 Å². The Kier molecular flexibility index (Phi) is 7.93. The molecule has 2 aliphatic heterocycles. The number of nitrogens with zero attached hydrogens (tertiary/aromatic N) is 4. The summed E-state index contributed by atoms with van der Waals surface area (Å²) in [6.45, 7) is 18.1. The van der Waals surface area contributed by atoms with Crippen molar-refractivity contribution in [3.05, 3.63) is 18.3 Å². The molecule has 2 fully saturated rings. The fraction of sp³-hybridized carbons (Fsp3) is 0.737. The van der Waals surface area contributed by atoms with Gasteiger partial charge in [-0.15, -0.1) is 0 Å². The number of nitrogens with one attached hydrogen (secondary N) is 1. The summed E-state index contributed by atoms with van der Waals surface area (Å²) < 4.78 is 0. The van der Waals surface area contributed by atoms with Gasteiger partial charge in [-0.05, 0) is 39.8 Å². The smallest absolute Gasteiger partial charge is 0.128 e. The molecule has 3 heterocycles. The topological polar surface area (TPSA) is 60.7 Å². The third-order valence-corrected chi connectivity index (χ3v) is 5.02. The molecule has 6 heteroatoms. The lowest BCUT2D eigenvalue weighted by Gasteiger charge is -2.37. The molecule has 2 aliphatic rings. The Morgan fingerprint density at radius 3 is 1.88 bits per heavy atom. The van der Waals surface area contributed by atoms with Gasteiger partial charge in [0.2, 0.25) is 0 Å². The number of anilines is 2. The fourth-order valence-corrected chi connectivity index (χ4v) is 3.25. The Morgan fingerprint density at radius 2 is 1.44 bits per heavy atom. The molecule has 0 saturated carbocycles. The van der Waals surface area contributed by atoms with Gasteiger partial charge in [-0.25, -0.2) is 4.98 Å². The molecule has 142 valence electrons. The number of pyridine rings is 1. The van der Waals surface area contributed by atoms with Gasteiger partial charge in [0, 0.05) is 64.4 Å². The summed E-state index contributed by atoms with van der Waals surface area (Å²) in [5, 5.41) is 3.33. The van der Waals surface area contributed by atoms with E-state index < -0.39 is 0 Å². The molecule has 0 radical (unpaired) electrons. The average molecular weight is 349 g/mol. The summed E-state index contributed by atoms with van der Waals surface area (Å²) in [6.07, 6.45) is 1.73. The van der Waals surface area contributed by atoms with E-state index in [1.165, 1.54) is 13.1 Å². The first-order valence-electron chi connectivity index (χ1n) is 9.62. The summed E-state index contributed by atoms with van der Waals surface area (Å²) in [5.74, 6) is 1.04. The molecule has 0 aromatic carbocycles. The standard InChI is InChI=1S/C12H20N4.C7H16N2/c1-10(2)15-5-7-16(8-6-15)12-4-3-11(13)9-14-12;1-7(2)9-5-3-8-4-6-9/h3-4,9-10H,5-8,13H2,1-2H3;7-8H,3-6H2,1-2H3. The van der Waals surface area contributed by atoms with Gasteiger partial charge in [0.25, 0.3) is 0 Å². The molecular weight excluding hydrogens is 312 g/mol. The molecule has 0 spiro atoms. The van der Waals surface area contributed by atoms with Crippen LogP contribution in [0.15, 0.2) is 18.3 Å². The lowest BCUT2D eigenvalue weighted by molar-refractivity contribution is 0.196. The number of piperazine rings is 2. The van der Waals surface area contributed by atoms with E-state index >= 15 is 0 Å². The number of nitrogens with two attached hydrogens (primary N) is 1. The lowest BCUT2D eigenvalue weighted by atomic mass is 10.2. The normalized spacial score (nSPS) is 19.8. The maximum Gasteiger partial charge on any atom is 0.128 e. The molecule has 0 unspecified atom stereocenters. The summed E-state index contributed by atoms with van der Waals surface area (Å²) in [5.41, 5.74) is 6.36.